The molecule has 0 spiro atoms. The van der Waals surface area contributed by atoms with E-state index in [1.165, 1.54) is 27.6 Å². The van der Waals surface area contributed by atoms with Gasteiger partial charge in [-0.15, -0.1) is 0 Å². The number of rotatable bonds is 5. The van der Waals surface area contributed by atoms with Gasteiger partial charge in [0.25, 0.3) is 0 Å². The molecule has 0 unspecified atom stereocenters. The Balaban J connectivity index is 1.54. The minimum Gasteiger partial charge on any atom is -0.506 e. The van der Waals surface area contributed by atoms with Gasteiger partial charge in [0.05, 0.1) is 15.2 Å². The maximum atomic E-state index is 9.81. The van der Waals surface area contributed by atoms with Crippen molar-refractivity contribution in [3.05, 3.63) is 85.9 Å². The van der Waals surface area contributed by atoms with E-state index in [1.54, 1.807) is 6.21 Å². The van der Waals surface area contributed by atoms with E-state index in [9.17, 15) is 5.11 Å². The van der Waals surface area contributed by atoms with Gasteiger partial charge in [-0.2, -0.15) is 5.10 Å². The molecule has 27 heavy (non-hydrogen) atoms. The van der Waals surface area contributed by atoms with E-state index in [-0.39, 0.29) is 5.75 Å². The quantitative estimate of drug-likeness (QED) is 0.329. The topological polar surface area (TPSA) is 44.6 Å². The van der Waals surface area contributed by atoms with Crippen LogP contribution in [0.4, 0.5) is 0 Å². The Bertz CT molecular complexity index is 1040. The lowest BCUT2D eigenvalue weighted by molar-refractivity contribution is 0.468. The van der Waals surface area contributed by atoms with Gasteiger partial charge >= 0.3 is 0 Å². The van der Waals surface area contributed by atoms with Crippen molar-refractivity contribution in [2.45, 2.75) is 19.3 Å². The van der Waals surface area contributed by atoms with Crippen molar-refractivity contribution < 1.29 is 5.11 Å². The standard InChI is InChI=1S/C22H18Br2N2O/c23-19-10-14(11-20(24)22(19)27)13-25-26-21(16-8-9-16)12-17-6-3-5-15-4-1-2-7-18(15)17/h1-7,10-11,13,26-27H,8-9,12H2/b25-13+. The van der Waals surface area contributed by atoms with Crippen molar-refractivity contribution >= 4 is 48.8 Å². The number of benzene rings is 3. The first-order chi connectivity index (χ1) is 13.1. The van der Waals surface area contributed by atoms with Gasteiger partial charge in [0, 0.05) is 12.1 Å². The molecule has 3 nitrogen and oxygen atoms in total. The van der Waals surface area contributed by atoms with Crippen molar-refractivity contribution in [2.24, 2.45) is 5.10 Å². The first-order valence-corrected chi connectivity index (χ1v) is 10.3. The van der Waals surface area contributed by atoms with Crippen LogP contribution in [0.5, 0.6) is 5.75 Å². The van der Waals surface area contributed by atoms with Crippen LogP contribution in [0.2, 0.25) is 0 Å². The summed E-state index contributed by atoms with van der Waals surface area (Å²) in [5.41, 5.74) is 8.07. The Kier molecular flexibility index (Phi) is 5.32. The number of nitrogens with zero attached hydrogens (tertiary/aromatic N) is 1. The molecule has 5 heteroatoms. The summed E-state index contributed by atoms with van der Waals surface area (Å²) in [6.45, 7) is 0. The number of aromatic hydroxyl groups is 1. The second kappa shape index (κ2) is 7.87. The molecule has 0 aliphatic heterocycles. The molecule has 136 valence electrons. The van der Waals surface area contributed by atoms with E-state index >= 15 is 0 Å². The van der Waals surface area contributed by atoms with E-state index in [4.69, 9.17) is 0 Å². The number of phenols is 1. The Hall–Kier alpha value is -2.11. The Morgan fingerprint density at radius 2 is 1.74 bits per heavy atom. The summed E-state index contributed by atoms with van der Waals surface area (Å²) < 4.78 is 1.27. The van der Waals surface area contributed by atoms with Gasteiger partial charge in [0.15, 0.2) is 0 Å². The molecule has 0 bridgehead atoms. The number of hydrogen-bond acceptors (Lipinski definition) is 3. The Morgan fingerprint density at radius 3 is 2.48 bits per heavy atom. The molecular formula is C22H18Br2N2O. The van der Waals surface area contributed by atoms with E-state index in [2.05, 4.69) is 84.9 Å². The number of hydrogen-bond donors (Lipinski definition) is 2. The maximum Gasteiger partial charge on any atom is 0.143 e. The van der Waals surface area contributed by atoms with Crippen LogP contribution in [0.25, 0.3) is 10.8 Å². The monoisotopic (exact) mass is 484 g/mol. The normalized spacial score (nSPS) is 13.3. The summed E-state index contributed by atoms with van der Waals surface area (Å²) in [5, 5.41) is 16.8. The average molecular weight is 486 g/mol. The minimum absolute atomic E-state index is 0.192. The average Bonchev–Trinajstić information content (AvgIpc) is 3.50. The summed E-state index contributed by atoms with van der Waals surface area (Å²) >= 11 is 6.69. The third-order valence-electron chi connectivity index (χ3n) is 4.63. The van der Waals surface area contributed by atoms with Crippen molar-refractivity contribution in [3.63, 3.8) is 0 Å². The predicted octanol–water partition coefficient (Wildman–Crippen LogP) is 6.28. The van der Waals surface area contributed by atoms with Gasteiger partial charge in [0.1, 0.15) is 5.75 Å². The van der Waals surface area contributed by atoms with Crippen LogP contribution in [0, 0.1) is 0 Å². The van der Waals surface area contributed by atoms with Crippen LogP contribution in [0.3, 0.4) is 0 Å². The number of phenolic OH excluding ortho intramolecular Hbond substituents is 1. The molecule has 1 aliphatic carbocycles. The molecule has 3 aromatic carbocycles. The zero-order valence-electron chi connectivity index (χ0n) is 14.5. The number of allylic oxidation sites excluding steroid dienone is 2. The Labute approximate surface area is 175 Å². The molecule has 0 atom stereocenters. The van der Waals surface area contributed by atoms with Gasteiger partial charge in [0.2, 0.25) is 0 Å². The van der Waals surface area contributed by atoms with Gasteiger partial charge in [-0.3, -0.25) is 5.43 Å². The highest BCUT2D eigenvalue weighted by Gasteiger charge is 2.18. The second-order valence-electron chi connectivity index (χ2n) is 6.60. The highest BCUT2D eigenvalue weighted by Crippen LogP contribution is 2.34. The number of halogens is 2. The van der Waals surface area contributed by atoms with Crippen molar-refractivity contribution in [1.82, 2.24) is 5.43 Å². The highest BCUT2D eigenvalue weighted by atomic mass is 79.9. The summed E-state index contributed by atoms with van der Waals surface area (Å²) in [7, 11) is 0. The smallest absolute Gasteiger partial charge is 0.143 e. The molecule has 3 aromatic rings. The van der Waals surface area contributed by atoms with E-state index in [0.29, 0.717) is 8.95 Å². The zero-order valence-corrected chi connectivity index (χ0v) is 17.7. The number of hydrazone groups is 1. The van der Waals surface area contributed by atoms with Gasteiger partial charge < -0.3 is 5.11 Å². The van der Waals surface area contributed by atoms with Crippen LogP contribution in [-0.2, 0) is 6.42 Å². The van der Waals surface area contributed by atoms with Gasteiger partial charge in [-0.05, 0) is 84.3 Å². The third kappa shape index (κ3) is 4.25. The molecule has 0 saturated heterocycles. The van der Waals surface area contributed by atoms with Crippen LogP contribution in [0.1, 0.15) is 24.0 Å². The molecule has 0 heterocycles. The lowest BCUT2D eigenvalue weighted by Gasteiger charge is -2.10. The first-order valence-electron chi connectivity index (χ1n) is 8.76. The molecular weight excluding hydrogens is 468 g/mol. The van der Waals surface area contributed by atoms with E-state index in [1.807, 2.05) is 12.1 Å². The van der Waals surface area contributed by atoms with Crippen LogP contribution in [-0.4, -0.2) is 11.3 Å². The fourth-order valence-corrected chi connectivity index (χ4v) is 4.31. The van der Waals surface area contributed by atoms with Crippen LogP contribution < -0.4 is 5.43 Å². The third-order valence-corrected chi connectivity index (χ3v) is 5.84. The minimum atomic E-state index is 0.192. The molecule has 0 amide bonds. The van der Waals surface area contributed by atoms with Gasteiger partial charge in [-0.1, -0.05) is 42.5 Å². The molecule has 0 radical (unpaired) electrons. The summed E-state index contributed by atoms with van der Waals surface area (Å²) in [4.78, 5) is 0. The molecule has 2 N–H and O–H groups in total. The van der Waals surface area contributed by atoms with Crippen LogP contribution >= 0.6 is 31.9 Å². The van der Waals surface area contributed by atoms with E-state index < -0.39 is 0 Å². The lowest BCUT2D eigenvalue weighted by Crippen LogP contribution is -2.09. The van der Waals surface area contributed by atoms with Crippen molar-refractivity contribution in [1.29, 1.82) is 0 Å². The van der Waals surface area contributed by atoms with Gasteiger partial charge in [-0.25, -0.2) is 0 Å². The molecule has 1 saturated carbocycles. The largest absolute Gasteiger partial charge is 0.506 e. The maximum absolute atomic E-state index is 9.81. The molecule has 1 aliphatic rings. The van der Waals surface area contributed by atoms with Crippen molar-refractivity contribution in [2.75, 3.05) is 0 Å². The number of nitrogens with one attached hydrogen (secondary N) is 1. The molecule has 0 aromatic heterocycles. The lowest BCUT2D eigenvalue weighted by atomic mass is 10.0. The predicted molar refractivity (Wildman–Crippen MR) is 118 cm³/mol. The second-order valence-corrected chi connectivity index (χ2v) is 8.31. The first kappa shape index (κ1) is 18.3. The van der Waals surface area contributed by atoms with Crippen LogP contribution in [0.15, 0.2) is 79.9 Å². The molecule has 4 rings (SSSR count). The fourth-order valence-electron chi connectivity index (χ4n) is 3.09. The fraction of sp³-hybridized carbons (Fsp3) is 0.136. The van der Waals surface area contributed by atoms with E-state index in [0.717, 1.165) is 24.8 Å². The van der Waals surface area contributed by atoms with Crippen molar-refractivity contribution in [3.8, 4) is 5.75 Å². The number of fused-ring (bicyclic) bond motifs is 1. The summed E-state index contributed by atoms with van der Waals surface area (Å²) in [5.74, 6) is 0.192. The Morgan fingerprint density at radius 1 is 1.04 bits per heavy atom. The SMILES string of the molecule is Oc1c(Br)cc(/C=N/NC(Cc2cccc3ccccc23)=C2CC2)cc1Br. The zero-order chi connectivity index (χ0) is 18.8. The molecule has 1 fully saturated rings. The highest BCUT2D eigenvalue weighted by molar-refractivity contribution is 9.11. The summed E-state index contributed by atoms with van der Waals surface area (Å²) in [6, 6.07) is 18.6. The summed E-state index contributed by atoms with van der Waals surface area (Å²) in [6.07, 6.45) is 4.88.